The minimum Gasteiger partial charge on any atom is -0.327 e. The molecular formula is C15H16ClN3S. The molecule has 0 bridgehead atoms. The molecule has 0 saturated heterocycles. The number of alkyl halides is 1. The van der Waals surface area contributed by atoms with Gasteiger partial charge < -0.3 is 4.57 Å². The van der Waals surface area contributed by atoms with E-state index >= 15 is 0 Å². The van der Waals surface area contributed by atoms with Crippen LogP contribution in [0, 0.1) is 13.8 Å². The number of aromatic nitrogens is 3. The van der Waals surface area contributed by atoms with Crippen LogP contribution in [0.3, 0.4) is 0 Å². The Kier molecular flexibility index (Phi) is 3.76. The van der Waals surface area contributed by atoms with Crippen molar-refractivity contribution in [1.29, 1.82) is 0 Å². The number of benzene rings is 1. The van der Waals surface area contributed by atoms with Crippen molar-refractivity contribution in [3.63, 3.8) is 0 Å². The van der Waals surface area contributed by atoms with Gasteiger partial charge in [-0.05, 0) is 31.5 Å². The number of rotatable bonds is 4. The molecule has 0 N–H and O–H groups in total. The van der Waals surface area contributed by atoms with Crippen LogP contribution in [-0.4, -0.2) is 14.5 Å². The van der Waals surface area contributed by atoms with Crippen molar-refractivity contribution in [2.24, 2.45) is 0 Å². The minimum atomic E-state index is 0.434. The molecule has 104 valence electrons. The fourth-order valence-electron chi connectivity index (χ4n) is 2.38. The third kappa shape index (κ3) is 2.58. The molecule has 2 aromatic heterocycles. The summed E-state index contributed by atoms with van der Waals surface area (Å²) in [6.45, 7) is 5.00. The van der Waals surface area contributed by atoms with Gasteiger partial charge in [0, 0.05) is 18.3 Å². The Morgan fingerprint density at radius 2 is 2.10 bits per heavy atom. The van der Waals surface area contributed by atoms with E-state index in [1.165, 1.54) is 5.56 Å². The van der Waals surface area contributed by atoms with E-state index in [2.05, 4.69) is 45.0 Å². The van der Waals surface area contributed by atoms with E-state index in [9.17, 15) is 0 Å². The second kappa shape index (κ2) is 5.54. The molecule has 0 spiro atoms. The van der Waals surface area contributed by atoms with E-state index in [-0.39, 0.29) is 0 Å². The summed E-state index contributed by atoms with van der Waals surface area (Å²) in [6, 6.07) is 6.32. The Morgan fingerprint density at radius 3 is 2.80 bits per heavy atom. The summed E-state index contributed by atoms with van der Waals surface area (Å²) in [7, 11) is 0. The highest BCUT2D eigenvalue weighted by molar-refractivity contribution is 7.09. The Labute approximate surface area is 127 Å². The van der Waals surface area contributed by atoms with Crippen molar-refractivity contribution in [1.82, 2.24) is 14.5 Å². The molecule has 20 heavy (non-hydrogen) atoms. The fourth-order valence-corrected chi connectivity index (χ4v) is 3.23. The van der Waals surface area contributed by atoms with Crippen molar-refractivity contribution < 1.29 is 0 Å². The van der Waals surface area contributed by atoms with Gasteiger partial charge in [-0.3, -0.25) is 0 Å². The third-order valence-electron chi connectivity index (χ3n) is 3.36. The molecule has 0 radical (unpaired) electrons. The molecule has 3 rings (SSSR count). The highest BCUT2D eigenvalue weighted by atomic mass is 35.5. The number of nitrogens with zero attached hydrogens (tertiary/aromatic N) is 3. The molecule has 1 aromatic carbocycles. The normalized spacial score (nSPS) is 11.3. The molecule has 3 nitrogen and oxygen atoms in total. The van der Waals surface area contributed by atoms with Crippen molar-refractivity contribution in [3.8, 4) is 0 Å². The first-order valence-corrected chi connectivity index (χ1v) is 8.01. The topological polar surface area (TPSA) is 30.7 Å². The molecule has 0 atom stereocenters. The van der Waals surface area contributed by atoms with Gasteiger partial charge in [-0.1, -0.05) is 6.07 Å². The van der Waals surface area contributed by atoms with E-state index < -0.39 is 0 Å². The second-order valence-electron chi connectivity index (χ2n) is 4.91. The SMILES string of the molecule is Cc1ccc2nc(CCl)n(CCc3csc(C)n3)c2c1. The Hall–Kier alpha value is -1.39. The predicted molar refractivity (Wildman–Crippen MR) is 84.6 cm³/mol. The van der Waals surface area contributed by atoms with Crippen molar-refractivity contribution in [3.05, 3.63) is 45.7 Å². The number of imidazole rings is 1. The molecule has 3 aromatic rings. The number of hydrogen-bond acceptors (Lipinski definition) is 3. The lowest BCUT2D eigenvalue weighted by Gasteiger charge is -2.06. The van der Waals surface area contributed by atoms with Crippen LogP contribution in [0.2, 0.25) is 0 Å². The van der Waals surface area contributed by atoms with E-state index in [0.29, 0.717) is 5.88 Å². The zero-order chi connectivity index (χ0) is 14.1. The van der Waals surface area contributed by atoms with Crippen LogP contribution in [0.1, 0.15) is 22.1 Å². The van der Waals surface area contributed by atoms with Gasteiger partial charge in [0.25, 0.3) is 0 Å². The molecule has 0 amide bonds. The van der Waals surface area contributed by atoms with Crippen LogP contribution in [0.25, 0.3) is 11.0 Å². The van der Waals surface area contributed by atoms with Gasteiger partial charge in [-0.15, -0.1) is 22.9 Å². The first-order valence-electron chi connectivity index (χ1n) is 6.60. The lowest BCUT2D eigenvalue weighted by molar-refractivity contribution is 0.679. The highest BCUT2D eigenvalue weighted by Gasteiger charge is 2.10. The average Bonchev–Trinajstić information content (AvgIpc) is 2.99. The van der Waals surface area contributed by atoms with Crippen LogP contribution in [0.15, 0.2) is 23.6 Å². The molecular weight excluding hydrogens is 290 g/mol. The smallest absolute Gasteiger partial charge is 0.124 e. The van der Waals surface area contributed by atoms with Gasteiger partial charge in [0.2, 0.25) is 0 Å². The van der Waals surface area contributed by atoms with Gasteiger partial charge in [-0.2, -0.15) is 0 Å². The summed E-state index contributed by atoms with van der Waals surface area (Å²) in [5.41, 5.74) is 4.56. The lowest BCUT2D eigenvalue weighted by Crippen LogP contribution is -2.05. The summed E-state index contributed by atoms with van der Waals surface area (Å²) in [6.07, 6.45) is 0.910. The van der Waals surface area contributed by atoms with Gasteiger partial charge in [0.05, 0.1) is 27.6 Å². The van der Waals surface area contributed by atoms with E-state index in [1.54, 1.807) is 11.3 Å². The first-order chi connectivity index (χ1) is 9.67. The third-order valence-corrected chi connectivity index (χ3v) is 4.42. The van der Waals surface area contributed by atoms with Crippen molar-refractivity contribution in [2.75, 3.05) is 0 Å². The zero-order valence-electron chi connectivity index (χ0n) is 11.6. The predicted octanol–water partition coefficient (Wildman–Crippen LogP) is 4.09. The zero-order valence-corrected chi connectivity index (χ0v) is 13.1. The molecule has 0 saturated carbocycles. The number of hydrogen-bond donors (Lipinski definition) is 0. The summed E-state index contributed by atoms with van der Waals surface area (Å²) in [5, 5.41) is 3.24. The number of aryl methyl sites for hydroxylation is 4. The number of thiazole rings is 1. The van der Waals surface area contributed by atoms with E-state index in [4.69, 9.17) is 11.6 Å². The fraction of sp³-hybridized carbons (Fsp3) is 0.333. The first kappa shape index (κ1) is 13.6. The van der Waals surface area contributed by atoms with Gasteiger partial charge in [-0.25, -0.2) is 9.97 Å². The number of fused-ring (bicyclic) bond motifs is 1. The maximum absolute atomic E-state index is 6.03. The van der Waals surface area contributed by atoms with Crippen LogP contribution < -0.4 is 0 Å². The quantitative estimate of drug-likeness (QED) is 0.680. The Morgan fingerprint density at radius 1 is 1.25 bits per heavy atom. The van der Waals surface area contributed by atoms with Crippen LogP contribution in [0.5, 0.6) is 0 Å². The maximum Gasteiger partial charge on any atom is 0.124 e. The maximum atomic E-state index is 6.03. The summed E-state index contributed by atoms with van der Waals surface area (Å²) in [4.78, 5) is 9.12. The highest BCUT2D eigenvalue weighted by Crippen LogP contribution is 2.20. The molecule has 0 aliphatic heterocycles. The minimum absolute atomic E-state index is 0.434. The monoisotopic (exact) mass is 305 g/mol. The Bertz CT molecular complexity index is 745. The molecule has 5 heteroatoms. The van der Waals surface area contributed by atoms with E-state index in [1.807, 2.05) is 6.92 Å². The van der Waals surface area contributed by atoms with Crippen LogP contribution >= 0.6 is 22.9 Å². The summed E-state index contributed by atoms with van der Waals surface area (Å²) in [5.74, 6) is 1.36. The summed E-state index contributed by atoms with van der Waals surface area (Å²) < 4.78 is 2.21. The van der Waals surface area contributed by atoms with Crippen molar-refractivity contribution in [2.45, 2.75) is 32.7 Å². The van der Waals surface area contributed by atoms with Gasteiger partial charge in [0.1, 0.15) is 5.82 Å². The number of halogens is 1. The largest absolute Gasteiger partial charge is 0.327 e. The average molecular weight is 306 g/mol. The standard InChI is InChI=1S/C15H16ClN3S/c1-10-3-4-13-14(7-10)19(15(8-16)18-13)6-5-12-9-20-11(2)17-12/h3-4,7,9H,5-6,8H2,1-2H3. The lowest BCUT2D eigenvalue weighted by atomic mass is 10.2. The van der Waals surface area contributed by atoms with Crippen LogP contribution in [-0.2, 0) is 18.8 Å². The van der Waals surface area contributed by atoms with Gasteiger partial charge in [0.15, 0.2) is 0 Å². The second-order valence-corrected chi connectivity index (χ2v) is 6.24. The molecule has 0 fully saturated rings. The van der Waals surface area contributed by atoms with Crippen LogP contribution in [0.4, 0.5) is 0 Å². The molecule has 0 aliphatic rings. The molecule has 0 unspecified atom stereocenters. The molecule has 0 aliphatic carbocycles. The summed E-state index contributed by atoms with van der Waals surface area (Å²) >= 11 is 7.73. The van der Waals surface area contributed by atoms with Crippen molar-refractivity contribution >= 4 is 34.0 Å². The van der Waals surface area contributed by atoms with E-state index in [0.717, 1.165) is 40.5 Å². The van der Waals surface area contributed by atoms with Gasteiger partial charge >= 0.3 is 0 Å². The Balaban J connectivity index is 1.94. The molecule has 2 heterocycles.